The molecule has 0 atom stereocenters. The number of ether oxygens (including phenoxy) is 1. The van der Waals surface area contributed by atoms with Crippen molar-refractivity contribution in [3.8, 4) is 0 Å². The van der Waals surface area contributed by atoms with Crippen molar-refractivity contribution in [2.75, 3.05) is 7.11 Å². The summed E-state index contributed by atoms with van der Waals surface area (Å²) in [6, 6.07) is 0. The molecule has 4 bridgehead atoms. The largest absolute Gasteiger partial charge is 0.482 e. The third-order valence-corrected chi connectivity index (χ3v) is 5.12. The molecule has 4 rings (SSSR count). The molecule has 18 heavy (non-hydrogen) atoms. The number of hydrogen-bond acceptors (Lipinski definition) is 4. The topological polar surface area (TPSA) is 47.9 Å². The third kappa shape index (κ3) is 2.13. The summed E-state index contributed by atoms with van der Waals surface area (Å²) < 4.78 is 5.26. The molecule has 4 nitrogen and oxygen atoms in total. The predicted octanol–water partition coefficient (Wildman–Crippen LogP) is 2.73. The molecule has 0 unspecified atom stereocenters. The van der Waals surface area contributed by atoms with Crippen molar-refractivity contribution in [3.63, 3.8) is 0 Å². The highest BCUT2D eigenvalue weighted by Crippen LogP contribution is 2.61. The van der Waals surface area contributed by atoms with Crippen molar-refractivity contribution in [3.05, 3.63) is 0 Å². The standard InChI is InChI=1S/C14H21NO3/c1-17-13(15-18-9-16)8-14-5-10-2-11(6-14)4-12(3-10)7-14/h9-12H,2-8H2,1H3/b15-13-. The van der Waals surface area contributed by atoms with Gasteiger partial charge in [0.05, 0.1) is 7.11 Å². The number of carbonyl (C=O) groups is 1. The van der Waals surface area contributed by atoms with Crippen LogP contribution in [0.25, 0.3) is 0 Å². The van der Waals surface area contributed by atoms with Gasteiger partial charge in [0.25, 0.3) is 0 Å². The molecule has 0 aromatic carbocycles. The number of nitrogens with zero attached hydrogens (tertiary/aromatic N) is 1. The van der Waals surface area contributed by atoms with Gasteiger partial charge in [-0.3, -0.25) is 4.79 Å². The SMILES string of the molecule is CO/C(CC12CC3CC(CC(C3)C1)C2)=N\OC=O. The molecule has 4 saturated carbocycles. The summed E-state index contributed by atoms with van der Waals surface area (Å²) in [6.07, 6.45) is 9.06. The van der Waals surface area contributed by atoms with Gasteiger partial charge < -0.3 is 9.57 Å². The molecule has 0 N–H and O–H groups in total. The zero-order chi connectivity index (χ0) is 12.6. The van der Waals surface area contributed by atoms with E-state index in [0.29, 0.717) is 17.8 Å². The van der Waals surface area contributed by atoms with Crippen LogP contribution in [0.5, 0.6) is 0 Å². The van der Waals surface area contributed by atoms with Crippen molar-refractivity contribution >= 4 is 12.4 Å². The van der Waals surface area contributed by atoms with Crippen LogP contribution in [0.1, 0.15) is 44.9 Å². The van der Waals surface area contributed by atoms with Gasteiger partial charge in [-0.1, -0.05) is 0 Å². The molecule has 4 aliphatic rings. The molecule has 0 heterocycles. The summed E-state index contributed by atoms with van der Waals surface area (Å²) in [4.78, 5) is 14.7. The van der Waals surface area contributed by atoms with E-state index in [-0.39, 0.29) is 0 Å². The monoisotopic (exact) mass is 251 g/mol. The zero-order valence-electron chi connectivity index (χ0n) is 10.9. The lowest BCUT2D eigenvalue weighted by Crippen LogP contribution is -2.47. The number of carbonyl (C=O) groups excluding carboxylic acids is 1. The summed E-state index contributed by atoms with van der Waals surface area (Å²) >= 11 is 0. The quantitative estimate of drug-likeness (QED) is 0.254. The van der Waals surface area contributed by atoms with Crippen LogP contribution in [-0.2, 0) is 14.4 Å². The van der Waals surface area contributed by atoms with Crippen molar-refractivity contribution in [2.45, 2.75) is 44.9 Å². The Bertz CT molecular complexity index is 329. The van der Waals surface area contributed by atoms with E-state index >= 15 is 0 Å². The van der Waals surface area contributed by atoms with Crippen LogP contribution in [0.4, 0.5) is 0 Å². The van der Waals surface area contributed by atoms with Crippen LogP contribution in [-0.4, -0.2) is 19.5 Å². The average molecular weight is 251 g/mol. The fourth-order valence-corrected chi connectivity index (χ4v) is 5.05. The fraction of sp³-hybridized carbons (Fsp3) is 0.857. The first-order valence-electron chi connectivity index (χ1n) is 6.93. The molecular formula is C14H21NO3. The Kier molecular flexibility index (Phi) is 3.04. The number of methoxy groups -OCH3 is 1. The Morgan fingerprint density at radius 1 is 1.22 bits per heavy atom. The number of rotatable bonds is 4. The molecule has 4 heteroatoms. The summed E-state index contributed by atoms with van der Waals surface area (Å²) in [5, 5.41) is 3.76. The maximum atomic E-state index is 10.2. The van der Waals surface area contributed by atoms with Crippen LogP contribution in [0.2, 0.25) is 0 Å². The van der Waals surface area contributed by atoms with Crippen LogP contribution >= 0.6 is 0 Å². The van der Waals surface area contributed by atoms with E-state index in [1.165, 1.54) is 38.5 Å². The minimum absolute atomic E-state index is 0.346. The van der Waals surface area contributed by atoms with Gasteiger partial charge in [-0.15, -0.1) is 0 Å². The smallest absolute Gasteiger partial charge is 0.323 e. The zero-order valence-corrected chi connectivity index (χ0v) is 10.9. The second-order valence-corrected chi connectivity index (χ2v) is 6.49. The summed E-state index contributed by atoms with van der Waals surface area (Å²) in [6.45, 7) is 0.346. The normalized spacial score (nSPS) is 41.8. The molecule has 0 aliphatic heterocycles. The molecule has 4 fully saturated rings. The Morgan fingerprint density at radius 2 is 1.78 bits per heavy atom. The molecule has 0 saturated heterocycles. The summed E-state index contributed by atoms with van der Waals surface area (Å²) in [5.74, 6) is 3.33. The lowest BCUT2D eigenvalue weighted by atomic mass is 9.49. The van der Waals surface area contributed by atoms with Gasteiger partial charge in [-0.2, -0.15) is 0 Å². The minimum Gasteiger partial charge on any atom is -0.482 e. The van der Waals surface area contributed by atoms with Gasteiger partial charge >= 0.3 is 6.47 Å². The predicted molar refractivity (Wildman–Crippen MR) is 66.8 cm³/mol. The van der Waals surface area contributed by atoms with Crippen molar-refractivity contribution in [1.82, 2.24) is 0 Å². The molecule has 0 aromatic rings. The number of oxime groups is 1. The highest BCUT2D eigenvalue weighted by atomic mass is 16.7. The van der Waals surface area contributed by atoms with Gasteiger partial charge in [0.15, 0.2) is 0 Å². The molecule has 0 amide bonds. The van der Waals surface area contributed by atoms with E-state index < -0.39 is 0 Å². The van der Waals surface area contributed by atoms with Crippen LogP contribution in [0.15, 0.2) is 5.16 Å². The summed E-state index contributed by atoms with van der Waals surface area (Å²) in [7, 11) is 1.60. The first-order valence-corrected chi connectivity index (χ1v) is 6.93. The fourth-order valence-electron chi connectivity index (χ4n) is 5.05. The van der Waals surface area contributed by atoms with E-state index in [0.717, 1.165) is 24.2 Å². The van der Waals surface area contributed by atoms with Crippen LogP contribution in [0.3, 0.4) is 0 Å². The van der Waals surface area contributed by atoms with Crippen LogP contribution < -0.4 is 0 Å². The molecular weight excluding hydrogens is 230 g/mol. The maximum Gasteiger partial charge on any atom is 0.323 e. The Hall–Kier alpha value is -1.06. The third-order valence-electron chi connectivity index (χ3n) is 5.12. The highest BCUT2D eigenvalue weighted by Gasteiger charge is 2.51. The molecule has 0 aromatic heterocycles. The molecule has 100 valence electrons. The van der Waals surface area contributed by atoms with E-state index in [2.05, 4.69) is 9.99 Å². The lowest BCUT2D eigenvalue weighted by Gasteiger charge is -2.56. The highest BCUT2D eigenvalue weighted by molar-refractivity contribution is 5.76. The first kappa shape index (κ1) is 12.0. The van der Waals surface area contributed by atoms with E-state index in [4.69, 9.17) is 4.74 Å². The van der Waals surface area contributed by atoms with E-state index in [9.17, 15) is 4.79 Å². The second-order valence-electron chi connectivity index (χ2n) is 6.49. The van der Waals surface area contributed by atoms with Gasteiger partial charge in [0.2, 0.25) is 5.90 Å². The summed E-state index contributed by atoms with van der Waals surface area (Å²) in [5.41, 5.74) is 0.371. The Morgan fingerprint density at radius 3 is 2.22 bits per heavy atom. The van der Waals surface area contributed by atoms with Crippen molar-refractivity contribution in [1.29, 1.82) is 0 Å². The van der Waals surface area contributed by atoms with E-state index in [1.807, 2.05) is 0 Å². The Labute approximate surface area is 108 Å². The second kappa shape index (κ2) is 4.56. The van der Waals surface area contributed by atoms with Crippen molar-refractivity contribution < 1.29 is 14.4 Å². The minimum atomic E-state index is 0.346. The van der Waals surface area contributed by atoms with Crippen LogP contribution in [0, 0.1) is 23.2 Å². The molecule has 0 spiro atoms. The van der Waals surface area contributed by atoms with E-state index in [1.54, 1.807) is 7.11 Å². The molecule has 0 radical (unpaired) electrons. The van der Waals surface area contributed by atoms with Gasteiger partial charge in [-0.05, 0) is 66.8 Å². The maximum absolute atomic E-state index is 10.2. The molecule has 4 aliphatic carbocycles. The van der Waals surface area contributed by atoms with Crippen molar-refractivity contribution in [2.24, 2.45) is 28.3 Å². The lowest BCUT2D eigenvalue weighted by molar-refractivity contribution is -0.129. The average Bonchev–Trinajstić information content (AvgIpc) is 2.32. The Balaban J connectivity index is 1.73. The first-order chi connectivity index (χ1) is 8.73. The number of hydrogen-bond donors (Lipinski definition) is 0. The van der Waals surface area contributed by atoms with Gasteiger partial charge in [0, 0.05) is 6.42 Å². The van der Waals surface area contributed by atoms with Gasteiger partial charge in [0.1, 0.15) is 0 Å². The van der Waals surface area contributed by atoms with Gasteiger partial charge in [-0.25, -0.2) is 0 Å².